The van der Waals surface area contributed by atoms with E-state index in [1.165, 1.54) is 4.90 Å². The molecule has 35 heteroatoms. The second-order valence-corrected chi connectivity index (χ2v) is 25.3. The number of rotatable bonds is 30. The first-order chi connectivity index (χ1) is 50.8. The van der Waals surface area contributed by atoms with Crippen molar-refractivity contribution in [2.75, 3.05) is 32.8 Å². The number of amides is 5. The summed E-state index contributed by atoms with van der Waals surface area (Å²) in [4.78, 5) is 77.1. The Bertz CT molecular complexity index is 3700. The first-order valence-corrected chi connectivity index (χ1v) is 34.0. The quantitative estimate of drug-likeness (QED) is 0.00825. The van der Waals surface area contributed by atoms with Crippen molar-refractivity contribution < 1.29 is 115 Å². The van der Waals surface area contributed by atoms with Gasteiger partial charge in [-0.05, 0) is 46.2 Å². The van der Waals surface area contributed by atoms with E-state index >= 15 is 8.78 Å². The van der Waals surface area contributed by atoms with Crippen molar-refractivity contribution in [2.24, 2.45) is 10.2 Å². The van der Waals surface area contributed by atoms with Gasteiger partial charge in [-0.15, -0.1) is 0 Å². The van der Waals surface area contributed by atoms with E-state index in [1.807, 2.05) is 0 Å². The van der Waals surface area contributed by atoms with Crippen LogP contribution in [0.15, 0.2) is 162 Å². The van der Waals surface area contributed by atoms with Crippen LogP contribution in [0.2, 0.25) is 0 Å². The Labute approximate surface area is 600 Å². The molecule has 1 unspecified atom stereocenters. The van der Waals surface area contributed by atoms with E-state index in [1.54, 1.807) is 159 Å². The molecular weight excluding hydrogens is 1380 g/mol. The van der Waals surface area contributed by atoms with Gasteiger partial charge in [0, 0.05) is 28.4 Å². The van der Waals surface area contributed by atoms with Gasteiger partial charge in [-0.3, -0.25) is 9.69 Å². The van der Waals surface area contributed by atoms with Gasteiger partial charge in [0.2, 0.25) is 0 Å². The zero-order valence-electron chi connectivity index (χ0n) is 56.7. The molecule has 20 atom stereocenters. The summed E-state index contributed by atoms with van der Waals surface area (Å²) in [6.45, 7) is -3.04. The zero-order valence-corrected chi connectivity index (χ0v) is 56.7. The second kappa shape index (κ2) is 38.0. The molecule has 4 aliphatic heterocycles. The van der Waals surface area contributed by atoms with Gasteiger partial charge in [-0.2, -0.15) is 0 Å². The molecule has 0 radical (unpaired) electrons. The minimum Gasteiger partial charge on any atom is -0.445 e. The highest BCUT2D eigenvalue weighted by Crippen LogP contribution is 2.40. The van der Waals surface area contributed by atoms with Crippen molar-refractivity contribution in [1.82, 2.24) is 26.2 Å². The molecule has 9 N–H and O–H groups in total. The van der Waals surface area contributed by atoms with Crippen molar-refractivity contribution >= 4 is 30.3 Å². The fourth-order valence-electron chi connectivity index (χ4n) is 12.7. The SMILES string of the molecule is CCCCO[C@H](C(=O)N[C@@H]1C[C@H](NC(=O)OCc2ccccc2)[C@@H](O[C@H]2O[C@H](CN=[N+]=[N-])C[C@@H](O)[C@H]2NC(=O)OCc2ccccc2)[C@H](O[C@@H]2O[C@H](CO)[C@@H](O[C@H]3O[C@H]4CN(C(=O)OCc5ccccc5)C(c5ccccc5)O[C@H]4[C@H](O)[C@H]3NC(=O)OCc3ccccc3)[C@H]2O)[C@H]1O)C(F)(F)CN=[N+]=[N-]. The van der Waals surface area contributed by atoms with Gasteiger partial charge in [-0.1, -0.05) is 175 Å². The summed E-state index contributed by atoms with van der Waals surface area (Å²) in [6.07, 6.45) is -33.8. The largest absolute Gasteiger partial charge is 0.445 e. The average Bonchev–Trinajstić information content (AvgIpc) is 1.73. The molecule has 1 aliphatic carbocycles. The van der Waals surface area contributed by atoms with Crippen molar-refractivity contribution in [1.29, 1.82) is 0 Å². The van der Waals surface area contributed by atoms with E-state index in [9.17, 15) is 55.0 Å². The number of carbonyl (C=O) groups excluding carboxylic acids is 5. The maximum atomic E-state index is 16.1. The monoisotopic (exact) mass is 1470 g/mol. The van der Waals surface area contributed by atoms with Gasteiger partial charge in [0.1, 0.15) is 93.4 Å². The number of aliphatic hydroxyl groups excluding tert-OH is 5. The number of nitrogens with one attached hydrogen (secondary N) is 4. The van der Waals surface area contributed by atoms with Crippen LogP contribution in [0, 0.1) is 0 Å². The maximum Gasteiger partial charge on any atom is 0.412 e. The summed E-state index contributed by atoms with van der Waals surface area (Å²) < 4.78 is 106. The van der Waals surface area contributed by atoms with Crippen molar-refractivity contribution in [3.63, 3.8) is 0 Å². The number of unbranched alkanes of at least 4 members (excludes halogenated alkanes) is 1. The minimum absolute atomic E-state index is 0.157. The molecule has 33 nitrogen and oxygen atoms in total. The van der Waals surface area contributed by atoms with Crippen LogP contribution in [0.5, 0.6) is 0 Å². The molecule has 564 valence electrons. The van der Waals surface area contributed by atoms with Crippen LogP contribution in [0.4, 0.5) is 28.0 Å². The number of aliphatic hydroxyl groups is 5. The number of hydrogen-bond donors (Lipinski definition) is 9. The van der Waals surface area contributed by atoms with Gasteiger partial charge in [0.05, 0.1) is 50.5 Å². The highest BCUT2D eigenvalue weighted by Gasteiger charge is 2.59. The number of ether oxygens (including phenoxy) is 12. The Morgan fingerprint density at radius 2 is 1.10 bits per heavy atom. The van der Waals surface area contributed by atoms with Gasteiger partial charge >= 0.3 is 24.4 Å². The number of azide groups is 2. The lowest BCUT2D eigenvalue weighted by atomic mass is 9.83. The van der Waals surface area contributed by atoms with E-state index in [2.05, 4.69) is 41.3 Å². The van der Waals surface area contributed by atoms with Crippen molar-refractivity contribution in [3.8, 4) is 0 Å². The predicted octanol–water partition coefficient (Wildman–Crippen LogP) is 6.09. The Kier molecular flexibility index (Phi) is 28.3. The van der Waals surface area contributed by atoms with Gasteiger partial charge < -0.3 is 104 Å². The Balaban J connectivity index is 0.998. The van der Waals surface area contributed by atoms with Crippen LogP contribution < -0.4 is 21.3 Å². The third kappa shape index (κ3) is 21.0. The molecule has 5 fully saturated rings. The fraction of sp³-hybridized carbons (Fsp3) is 0.500. The number of nitrogens with zero attached hydrogens (tertiary/aromatic N) is 7. The number of alkyl halides is 2. The highest BCUT2D eigenvalue weighted by atomic mass is 19.3. The lowest BCUT2D eigenvalue weighted by molar-refractivity contribution is -0.323. The van der Waals surface area contributed by atoms with Crippen LogP contribution in [-0.2, 0) is 88.1 Å². The zero-order chi connectivity index (χ0) is 74.4. The number of hydrogen-bond acceptors (Lipinski definition) is 24. The van der Waals surface area contributed by atoms with Gasteiger partial charge in [0.15, 0.2) is 31.2 Å². The summed E-state index contributed by atoms with van der Waals surface area (Å²) >= 11 is 0. The number of benzene rings is 5. The summed E-state index contributed by atoms with van der Waals surface area (Å²) in [6, 6.07) is 35.9. The molecule has 0 aromatic heterocycles. The topological polar surface area (TPSA) is 446 Å². The molecular formula is C70H83F2N11O22. The lowest BCUT2D eigenvalue weighted by Crippen LogP contribution is -2.70. The molecule has 0 spiro atoms. The molecule has 4 heterocycles. The lowest BCUT2D eigenvalue weighted by Gasteiger charge is -2.51. The third-order valence-electron chi connectivity index (χ3n) is 17.9. The first kappa shape index (κ1) is 78.2. The van der Waals surface area contributed by atoms with E-state index in [0.29, 0.717) is 34.2 Å². The molecule has 5 amide bonds. The standard InChI is InChI=1S/C70H83F2N11O22/c1-2-3-29-94-60(70(71,72)39-76-82-74)61(89)77-46-31-47(78-66(90)95-35-40-19-9-4-10-20-40)56(103-63-51(48(85)30-45(99-63)32-75-81-73)79-67(91)96-36-41-21-11-5-12-22-41)59(53(46)86)105-65-55(88)58(50(34-84)101-65)104-64-52(80-68(92)97-37-42-23-13-6-14-24-42)54(87)57-49(100-64)33-83(62(102-57)44-27-17-8-18-28-44)69(93)98-38-43-25-15-7-16-26-43/h4-28,45-60,62-65,84-88H,2-3,29-39H2,1H3,(H,77,89)(H,78,90)(H,79,91)(H,80,92)/t45-,46+,47-,48+,49-,50+,51+,52+,53-,54+,55+,56+,57+,58+,59+,60+,62?,63+,64+,65-/m0/s1. The summed E-state index contributed by atoms with van der Waals surface area (Å²) in [5.74, 6) is -5.75. The summed E-state index contributed by atoms with van der Waals surface area (Å²) in [5.41, 5.74) is 21.2. The summed E-state index contributed by atoms with van der Waals surface area (Å²) in [7, 11) is 0. The van der Waals surface area contributed by atoms with Crippen LogP contribution in [0.3, 0.4) is 0 Å². The highest BCUT2D eigenvalue weighted by molar-refractivity contribution is 5.82. The van der Waals surface area contributed by atoms with E-state index in [4.69, 9.17) is 62.4 Å². The number of halogens is 2. The Hall–Kier alpha value is -9.39. The van der Waals surface area contributed by atoms with Crippen LogP contribution in [0.1, 0.15) is 66.7 Å². The maximum absolute atomic E-state index is 16.1. The molecule has 105 heavy (non-hydrogen) atoms. The number of fused-ring (bicyclic) bond motifs is 1. The van der Waals surface area contributed by atoms with Gasteiger partial charge in [0.25, 0.3) is 11.8 Å². The van der Waals surface area contributed by atoms with Crippen LogP contribution in [-0.4, -0.2) is 216 Å². The van der Waals surface area contributed by atoms with E-state index in [0.717, 1.165) is 0 Å². The molecule has 5 aliphatic rings. The number of carbonyl (C=O) groups is 5. The Morgan fingerprint density at radius 1 is 0.590 bits per heavy atom. The van der Waals surface area contributed by atoms with E-state index in [-0.39, 0.29) is 45.8 Å². The third-order valence-corrected chi connectivity index (χ3v) is 17.9. The minimum atomic E-state index is -4.19. The molecule has 10 rings (SSSR count). The normalized spacial score (nSPS) is 28.9. The average molecular weight is 1470 g/mol. The van der Waals surface area contributed by atoms with Crippen molar-refractivity contribution in [2.45, 2.75) is 187 Å². The van der Waals surface area contributed by atoms with Gasteiger partial charge in [-0.25, -0.2) is 28.0 Å². The first-order valence-electron chi connectivity index (χ1n) is 34.0. The van der Waals surface area contributed by atoms with Crippen LogP contribution in [0.25, 0.3) is 20.9 Å². The smallest absolute Gasteiger partial charge is 0.412 e. The molecule has 1 saturated carbocycles. The van der Waals surface area contributed by atoms with E-state index < -0.39 is 191 Å². The Morgan fingerprint density at radius 3 is 1.66 bits per heavy atom. The molecule has 5 aromatic rings. The van der Waals surface area contributed by atoms with Crippen LogP contribution >= 0.6 is 0 Å². The fourth-order valence-corrected chi connectivity index (χ4v) is 12.7. The molecule has 5 aromatic carbocycles. The molecule has 0 bridgehead atoms. The second-order valence-electron chi connectivity index (χ2n) is 25.3. The number of alkyl carbamates (subject to hydrolysis) is 3. The molecule has 4 saturated heterocycles. The summed E-state index contributed by atoms with van der Waals surface area (Å²) in [5, 5.41) is 77.9. The predicted molar refractivity (Wildman–Crippen MR) is 359 cm³/mol. The van der Waals surface area contributed by atoms with Crippen molar-refractivity contribution in [3.05, 3.63) is 200 Å².